The molecule has 0 aliphatic heterocycles. The summed E-state index contributed by atoms with van der Waals surface area (Å²) in [6.07, 6.45) is 3.49. The molecule has 2 nitrogen and oxygen atoms in total. The van der Waals surface area contributed by atoms with Crippen molar-refractivity contribution in [3.8, 4) is 0 Å². The van der Waals surface area contributed by atoms with Crippen molar-refractivity contribution in [3.05, 3.63) is 0 Å². The first-order chi connectivity index (χ1) is 3.41. The molecule has 0 amide bonds. The summed E-state index contributed by atoms with van der Waals surface area (Å²) in [5, 5.41) is 8.04. The normalized spacial score (nSPS) is 9.43. The second-order valence-corrected chi connectivity index (χ2v) is 1.62. The SMILES string of the molecule is CCCCCNO. The first-order valence-electron chi connectivity index (χ1n) is 2.78. The average Bonchev–Trinajstić information content (AvgIpc) is 1.69. The van der Waals surface area contributed by atoms with E-state index in [0.717, 1.165) is 13.0 Å². The number of unbranched alkanes of at least 4 members (excludes halogenated alkanes) is 2. The minimum atomic E-state index is 0.730. The van der Waals surface area contributed by atoms with Gasteiger partial charge in [0, 0.05) is 6.54 Å². The Balaban J connectivity index is 2.45. The number of hydroxylamine groups is 1. The molecule has 0 heterocycles. The van der Waals surface area contributed by atoms with Gasteiger partial charge < -0.3 is 5.21 Å². The Morgan fingerprint density at radius 3 is 2.57 bits per heavy atom. The van der Waals surface area contributed by atoms with Gasteiger partial charge in [-0.25, -0.2) is 5.48 Å². The molecule has 0 saturated carbocycles. The van der Waals surface area contributed by atoms with Crippen LogP contribution in [0.2, 0.25) is 0 Å². The molecule has 0 unspecified atom stereocenters. The third-order valence-corrected chi connectivity index (χ3v) is 0.892. The molecule has 0 spiro atoms. The molecule has 7 heavy (non-hydrogen) atoms. The minimum absolute atomic E-state index is 0.730. The topological polar surface area (TPSA) is 32.3 Å². The van der Waals surface area contributed by atoms with Crippen LogP contribution in [0.25, 0.3) is 0 Å². The van der Waals surface area contributed by atoms with Crippen LogP contribution in [-0.2, 0) is 0 Å². The zero-order valence-corrected chi connectivity index (χ0v) is 4.78. The summed E-state index contributed by atoms with van der Waals surface area (Å²) < 4.78 is 0. The maximum atomic E-state index is 8.04. The van der Waals surface area contributed by atoms with E-state index in [2.05, 4.69) is 12.4 Å². The summed E-state index contributed by atoms with van der Waals surface area (Å²) in [5.41, 5.74) is 2.10. The van der Waals surface area contributed by atoms with Gasteiger partial charge in [-0.05, 0) is 6.42 Å². The molecule has 0 rings (SSSR count). The summed E-state index contributed by atoms with van der Waals surface area (Å²) in [6.45, 7) is 2.87. The fourth-order valence-electron chi connectivity index (χ4n) is 0.454. The molecule has 0 radical (unpaired) electrons. The molecule has 0 aromatic rings. The highest BCUT2D eigenvalue weighted by Crippen LogP contribution is 1.89. The Labute approximate surface area is 44.5 Å². The summed E-state index contributed by atoms with van der Waals surface area (Å²) >= 11 is 0. The van der Waals surface area contributed by atoms with Crippen LogP contribution in [0, 0.1) is 0 Å². The average molecular weight is 103 g/mol. The van der Waals surface area contributed by atoms with Crippen LogP contribution in [0.3, 0.4) is 0 Å². The second kappa shape index (κ2) is 5.92. The van der Waals surface area contributed by atoms with Crippen molar-refractivity contribution >= 4 is 0 Å². The van der Waals surface area contributed by atoms with E-state index in [1.165, 1.54) is 12.8 Å². The number of hydrogen-bond donors (Lipinski definition) is 2. The number of nitrogens with one attached hydrogen (secondary N) is 1. The number of hydrogen-bond acceptors (Lipinski definition) is 2. The monoisotopic (exact) mass is 103 g/mol. The molecule has 0 saturated heterocycles. The smallest absolute Gasteiger partial charge is 0.0207 e. The molecular formula is C5H13NO. The van der Waals surface area contributed by atoms with Gasteiger partial charge in [-0.15, -0.1) is 0 Å². The predicted octanol–water partition coefficient (Wildman–Crippen LogP) is 1.16. The van der Waals surface area contributed by atoms with Gasteiger partial charge in [0.25, 0.3) is 0 Å². The van der Waals surface area contributed by atoms with E-state index in [0.29, 0.717) is 0 Å². The van der Waals surface area contributed by atoms with Crippen LogP contribution < -0.4 is 5.48 Å². The maximum absolute atomic E-state index is 8.04. The Kier molecular flexibility index (Phi) is 5.85. The van der Waals surface area contributed by atoms with Gasteiger partial charge in [0.15, 0.2) is 0 Å². The lowest BCUT2D eigenvalue weighted by molar-refractivity contribution is 0.165. The van der Waals surface area contributed by atoms with Gasteiger partial charge in [-0.3, -0.25) is 0 Å². The minimum Gasteiger partial charge on any atom is -0.317 e. The van der Waals surface area contributed by atoms with Crippen molar-refractivity contribution in [2.45, 2.75) is 26.2 Å². The Bertz CT molecular complexity index is 27.3. The molecule has 2 heteroatoms. The molecule has 0 aliphatic rings. The van der Waals surface area contributed by atoms with E-state index in [4.69, 9.17) is 5.21 Å². The van der Waals surface area contributed by atoms with Gasteiger partial charge in [0.05, 0.1) is 0 Å². The summed E-state index contributed by atoms with van der Waals surface area (Å²) in [5.74, 6) is 0. The van der Waals surface area contributed by atoms with E-state index in [9.17, 15) is 0 Å². The van der Waals surface area contributed by atoms with Crippen LogP contribution in [0.1, 0.15) is 26.2 Å². The van der Waals surface area contributed by atoms with Gasteiger partial charge >= 0.3 is 0 Å². The first-order valence-corrected chi connectivity index (χ1v) is 2.78. The largest absolute Gasteiger partial charge is 0.317 e. The van der Waals surface area contributed by atoms with Crippen molar-refractivity contribution < 1.29 is 5.21 Å². The van der Waals surface area contributed by atoms with Gasteiger partial charge in [0.2, 0.25) is 0 Å². The highest BCUT2D eigenvalue weighted by Gasteiger charge is 1.79. The summed E-state index contributed by atoms with van der Waals surface area (Å²) in [7, 11) is 0. The first kappa shape index (κ1) is 6.92. The fraction of sp³-hybridized carbons (Fsp3) is 1.00. The quantitative estimate of drug-likeness (QED) is 0.413. The predicted molar refractivity (Wildman–Crippen MR) is 29.3 cm³/mol. The van der Waals surface area contributed by atoms with Crippen molar-refractivity contribution in [1.29, 1.82) is 0 Å². The summed E-state index contributed by atoms with van der Waals surface area (Å²) in [4.78, 5) is 0. The standard InChI is InChI=1S/C5H13NO/c1-2-3-4-5-6-7/h6-7H,2-5H2,1H3. The van der Waals surface area contributed by atoms with Crippen LogP contribution in [0.4, 0.5) is 0 Å². The Morgan fingerprint density at radius 1 is 1.43 bits per heavy atom. The molecule has 0 aromatic carbocycles. The van der Waals surface area contributed by atoms with E-state index >= 15 is 0 Å². The van der Waals surface area contributed by atoms with Crippen LogP contribution in [0.15, 0.2) is 0 Å². The Morgan fingerprint density at radius 2 is 2.14 bits per heavy atom. The molecular weight excluding hydrogens is 90.1 g/mol. The lowest BCUT2D eigenvalue weighted by Crippen LogP contribution is -2.07. The van der Waals surface area contributed by atoms with Crippen molar-refractivity contribution in [2.24, 2.45) is 0 Å². The zero-order valence-electron chi connectivity index (χ0n) is 4.78. The molecule has 2 N–H and O–H groups in total. The number of rotatable bonds is 4. The van der Waals surface area contributed by atoms with Gasteiger partial charge in [0.1, 0.15) is 0 Å². The zero-order chi connectivity index (χ0) is 5.54. The van der Waals surface area contributed by atoms with E-state index < -0.39 is 0 Å². The van der Waals surface area contributed by atoms with E-state index in [1.807, 2.05) is 0 Å². The van der Waals surface area contributed by atoms with Crippen molar-refractivity contribution in [1.82, 2.24) is 5.48 Å². The molecule has 0 fully saturated rings. The third-order valence-electron chi connectivity index (χ3n) is 0.892. The molecule has 0 aliphatic carbocycles. The molecule has 44 valence electrons. The summed E-state index contributed by atoms with van der Waals surface area (Å²) in [6, 6.07) is 0. The maximum Gasteiger partial charge on any atom is 0.0207 e. The van der Waals surface area contributed by atoms with Crippen LogP contribution >= 0.6 is 0 Å². The molecule has 0 bridgehead atoms. The van der Waals surface area contributed by atoms with E-state index in [-0.39, 0.29) is 0 Å². The van der Waals surface area contributed by atoms with Crippen LogP contribution in [0.5, 0.6) is 0 Å². The van der Waals surface area contributed by atoms with Crippen molar-refractivity contribution in [3.63, 3.8) is 0 Å². The lowest BCUT2D eigenvalue weighted by Gasteiger charge is -1.92. The van der Waals surface area contributed by atoms with Crippen molar-refractivity contribution in [2.75, 3.05) is 6.54 Å². The highest BCUT2D eigenvalue weighted by molar-refractivity contribution is 4.36. The molecule has 0 aromatic heterocycles. The van der Waals surface area contributed by atoms with E-state index in [1.54, 1.807) is 0 Å². The van der Waals surface area contributed by atoms with Gasteiger partial charge in [-0.2, -0.15) is 0 Å². The Hall–Kier alpha value is -0.0800. The highest BCUT2D eigenvalue weighted by atomic mass is 16.5. The lowest BCUT2D eigenvalue weighted by atomic mass is 10.3. The second-order valence-electron chi connectivity index (χ2n) is 1.62. The van der Waals surface area contributed by atoms with Crippen LogP contribution in [-0.4, -0.2) is 11.8 Å². The van der Waals surface area contributed by atoms with Gasteiger partial charge in [-0.1, -0.05) is 19.8 Å². The fourth-order valence-corrected chi connectivity index (χ4v) is 0.454. The third kappa shape index (κ3) is 5.92. The molecule has 0 atom stereocenters.